The quantitative estimate of drug-likeness (QED) is 0.674. The summed E-state index contributed by atoms with van der Waals surface area (Å²) in [6, 6.07) is 15.7. The topological polar surface area (TPSA) is 20.2 Å². The van der Waals surface area contributed by atoms with Crippen molar-refractivity contribution in [1.82, 2.24) is 0 Å². The molecule has 2 heteroatoms. The molecular weight excluding hydrogens is 282 g/mol. The standard InChI is InChI=1S/C21H26NO/c1-2-16-13-22(11-10-18(16)12-20(22)15-23)14-19-8-5-7-17-6-3-4-9-21(17)19/h2-9,16,18,20,23H,1,10-15H2/q+1/t16-,18?,20-,22?/m0/s1. The van der Waals surface area contributed by atoms with Crippen LogP contribution in [0.25, 0.3) is 10.8 Å². The number of nitrogens with zero attached hydrogens (tertiary/aromatic N) is 1. The van der Waals surface area contributed by atoms with Gasteiger partial charge >= 0.3 is 0 Å². The molecule has 3 fully saturated rings. The van der Waals surface area contributed by atoms with Gasteiger partial charge in [0.2, 0.25) is 0 Å². The zero-order valence-corrected chi connectivity index (χ0v) is 13.7. The lowest BCUT2D eigenvalue weighted by molar-refractivity contribution is -0.981. The number of hydrogen-bond acceptors (Lipinski definition) is 1. The van der Waals surface area contributed by atoms with E-state index in [1.54, 1.807) is 0 Å². The molecule has 2 aromatic rings. The van der Waals surface area contributed by atoms with Crippen molar-refractivity contribution in [3.05, 3.63) is 60.7 Å². The van der Waals surface area contributed by atoms with Gasteiger partial charge in [-0.2, -0.15) is 0 Å². The molecule has 3 saturated heterocycles. The molecule has 2 aromatic carbocycles. The summed E-state index contributed by atoms with van der Waals surface area (Å²) in [5, 5.41) is 12.7. The SMILES string of the molecule is C=C[C@H]1C[N+]2(Cc3cccc4ccccc34)CCC1C[C@H]2CO. The molecule has 120 valence electrons. The predicted molar refractivity (Wildman–Crippen MR) is 94.9 cm³/mol. The highest BCUT2D eigenvalue weighted by atomic mass is 16.3. The van der Waals surface area contributed by atoms with Crippen molar-refractivity contribution in [2.24, 2.45) is 11.8 Å². The Hall–Kier alpha value is -1.64. The Kier molecular flexibility index (Phi) is 3.74. The lowest BCUT2D eigenvalue weighted by Crippen LogP contribution is -2.67. The van der Waals surface area contributed by atoms with Crippen LogP contribution in [0.2, 0.25) is 0 Å². The highest BCUT2D eigenvalue weighted by Gasteiger charge is 2.50. The van der Waals surface area contributed by atoms with Crippen molar-refractivity contribution < 1.29 is 9.59 Å². The minimum atomic E-state index is 0.311. The fourth-order valence-electron chi connectivity index (χ4n) is 5.05. The lowest BCUT2D eigenvalue weighted by atomic mass is 9.73. The van der Waals surface area contributed by atoms with Crippen LogP contribution >= 0.6 is 0 Å². The Morgan fingerprint density at radius 2 is 2.00 bits per heavy atom. The average Bonchev–Trinajstić information content (AvgIpc) is 2.62. The van der Waals surface area contributed by atoms with Crippen molar-refractivity contribution in [2.75, 3.05) is 19.7 Å². The molecule has 0 aromatic heterocycles. The van der Waals surface area contributed by atoms with Gasteiger partial charge in [-0.1, -0.05) is 48.5 Å². The lowest BCUT2D eigenvalue weighted by Gasteiger charge is -2.56. The summed E-state index contributed by atoms with van der Waals surface area (Å²) in [7, 11) is 0. The van der Waals surface area contributed by atoms with Crippen LogP contribution in [0, 0.1) is 11.8 Å². The minimum Gasteiger partial charge on any atom is -0.390 e. The first-order chi connectivity index (χ1) is 11.3. The van der Waals surface area contributed by atoms with Crippen LogP contribution in [0.4, 0.5) is 0 Å². The summed E-state index contributed by atoms with van der Waals surface area (Å²) in [6.07, 6.45) is 4.59. The van der Waals surface area contributed by atoms with E-state index in [4.69, 9.17) is 0 Å². The number of fused-ring (bicyclic) bond motifs is 4. The Balaban J connectivity index is 1.73. The third kappa shape index (κ3) is 2.41. The van der Waals surface area contributed by atoms with Gasteiger partial charge in [-0.15, -0.1) is 6.58 Å². The first-order valence-corrected chi connectivity index (χ1v) is 8.81. The van der Waals surface area contributed by atoms with E-state index in [0.29, 0.717) is 18.6 Å². The van der Waals surface area contributed by atoms with Crippen molar-refractivity contribution >= 4 is 10.8 Å². The van der Waals surface area contributed by atoms with E-state index in [-0.39, 0.29) is 0 Å². The second kappa shape index (κ2) is 5.77. The van der Waals surface area contributed by atoms with Gasteiger partial charge in [-0.25, -0.2) is 0 Å². The molecule has 4 atom stereocenters. The zero-order valence-electron chi connectivity index (χ0n) is 13.7. The summed E-state index contributed by atoms with van der Waals surface area (Å²) in [4.78, 5) is 0. The fraction of sp³-hybridized carbons (Fsp3) is 0.429. The molecule has 0 radical (unpaired) electrons. The van der Waals surface area contributed by atoms with Gasteiger partial charge in [-0.3, -0.25) is 0 Å². The summed E-state index contributed by atoms with van der Waals surface area (Å²) in [5.74, 6) is 1.35. The number of quaternary nitrogens is 1. The van der Waals surface area contributed by atoms with Gasteiger partial charge in [0.25, 0.3) is 0 Å². The molecule has 3 aliphatic heterocycles. The molecule has 2 unspecified atom stereocenters. The summed E-state index contributed by atoms with van der Waals surface area (Å²) in [6.45, 7) is 7.75. The number of aliphatic hydroxyl groups excluding tert-OH is 1. The molecule has 2 nitrogen and oxygen atoms in total. The molecule has 5 rings (SSSR count). The van der Waals surface area contributed by atoms with Gasteiger partial charge in [0, 0.05) is 24.3 Å². The van der Waals surface area contributed by atoms with Crippen LogP contribution in [-0.4, -0.2) is 35.3 Å². The predicted octanol–water partition coefficient (Wildman–Crippen LogP) is 3.74. The van der Waals surface area contributed by atoms with E-state index in [1.165, 1.54) is 29.3 Å². The molecular formula is C21H26NO+. The summed E-state index contributed by atoms with van der Waals surface area (Å²) < 4.78 is 1.04. The van der Waals surface area contributed by atoms with Gasteiger partial charge in [-0.05, 0) is 16.7 Å². The van der Waals surface area contributed by atoms with Crippen molar-refractivity contribution in [1.29, 1.82) is 0 Å². The summed E-state index contributed by atoms with van der Waals surface area (Å²) in [5.41, 5.74) is 1.42. The molecule has 1 N–H and O–H groups in total. The van der Waals surface area contributed by atoms with E-state index < -0.39 is 0 Å². The molecule has 23 heavy (non-hydrogen) atoms. The van der Waals surface area contributed by atoms with Crippen LogP contribution < -0.4 is 0 Å². The second-order valence-corrected chi connectivity index (χ2v) is 7.44. The minimum absolute atomic E-state index is 0.311. The van der Waals surface area contributed by atoms with Gasteiger partial charge in [0.05, 0.1) is 19.7 Å². The highest BCUT2D eigenvalue weighted by Crippen LogP contribution is 2.43. The van der Waals surface area contributed by atoms with Crippen LogP contribution in [0.5, 0.6) is 0 Å². The van der Waals surface area contributed by atoms with Crippen LogP contribution in [-0.2, 0) is 6.54 Å². The fourth-order valence-corrected chi connectivity index (χ4v) is 5.05. The van der Waals surface area contributed by atoms with Crippen molar-refractivity contribution in [3.8, 4) is 0 Å². The number of hydrogen-bond donors (Lipinski definition) is 1. The maximum absolute atomic E-state index is 9.99. The van der Waals surface area contributed by atoms with Crippen molar-refractivity contribution in [2.45, 2.75) is 25.4 Å². The number of benzene rings is 2. The van der Waals surface area contributed by atoms with Gasteiger partial charge in [0.1, 0.15) is 12.6 Å². The first kappa shape index (κ1) is 14.9. The van der Waals surface area contributed by atoms with Crippen LogP contribution in [0.15, 0.2) is 55.1 Å². The van der Waals surface area contributed by atoms with E-state index in [1.807, 2.05) is 0 Å². The Morgan fingerprint density at radius 3 is 2.83 bits per heavy atom. The van der Waals surface area contributed by atoms with E-state index >= 15 is 0 Å². The van der Waals surface area contributed by atoms with E-state index in [0.717, 1.165) is 29.9 Å². The smallest absolute Gasteiger partial charge is 0.113 e. The molecule has 0 aliphatic carbocycles. The van der Waals surface area contributed by atoms with Crippen molar-refractivity contribution in [3.63, 3.8) is 0 Å². The van der Waals surface area contributed by atoms with Crippen LogP contribution in [0.3, 0.4) is 0 Å². The summed E-state index contributed by atoms with van der Waals surface area (Å²) >= 11 is 0. The maximum Gasteiger partial charge on any atom is 0.113 e. The molecule has 0 saturated carbocycles. The zero-order chi connectivity index (χ0) is 15.9. The Labute approximate surface area is 138 Å². The van der Waals surface area contributed by atoms with E-state index in [2.05, 4.69) is 55.1 Å². The molecule has 3 aliphatic rings. The molecule has 0 amide bonds. The highest BCUT2D eigenvalue weighted by molar-refractivity contribution is 5.85. The average molecular weight is 308 g/mol. The molecule has 3 heterocycles. The Bertz CT molecular complexity index is 719. The van der Waals surface area contributed by atoms with Crippen LogP contribution in [0.1, 0.15) is 18.4 Å². The maximum atomic E-state index is 9.99. The first-order valence-electron chi connectivity index (χ1n) is 8.81. The normalized spacial score (nSPS) is 33.0. The van der Waals surface area contributed by atoms with Gasteiger partial charge in [0.15, 0.2) is 0 Å². The van der Waals surface area contributed by atoms with Gasteiger partial charge < -0.3 is 9.59 Å². The molecule has 2 bridgehead atoms. The Morgan fingerprint density at radius 1 is 1.17 bits per heavy atom. The third-order valence-corrected chi connectivity index (χ3v) is 6.35. The number of aliphatic hydroxyl groups is 1. The number of rotatable bonds is 4. The molecule has 0 spiro atoms. The third-order valence-electron chi connectivity index (χ3n) is 6.35. The van der Waals surface area contributed by atoms with E-state index in [9.17, 15) is 5.11 Å². The number of piperidine rings is 3. The largest absolute Gasteiger partial charge is 0.390 e. The second-order valence-electron chi connectivity index (χ2n) is 7.44. The monoisotopic (exact) mass is 308 g/mol.